The molecule has 0 spiro atoms. The minimum Gasteiger partial charge on any atom is -0.295 e. The van der Waals surface area contributed by atoms with Crippen molar-refractivity contribution in [3.63, 3.8) is 0 Å². The van der Waals surface area contributed by atoms with Crippen LogP contribution in [0, 0.1) is 5.92 Å². The first-order valence-corrected chi connectivity index (χ1v) is 17.8. The number of pyridine rings is 2. The molecule has 0 aromatic carbocycles. The summed E-state index contributed by atoms with van der Waals surface area (Å²) in [4.78, 5) is 15.0. The average Bonchev–Trinajstić information content (AvgIpc) is 3.64. The van der Waals surface area contributed by atoms with E-state index in [2.05, 4.69) is 39.3 Å². The van der Waals surface area contributed by atoms with Crippen LogP contribution in [-0.4, -0.2) is 33.7 Å². The number of hydroxylamine groups is 2. The molecule has 0 unspecified atom stereocenters. The molecule has 2 fully saturated rings. The van der Waals surface area contributed by atoms with E-state index in [9.17, 15) is 0 Å². The van der Waals surface area contributed by atoms with Crippen molar-refractivity contribution in [1.82, 2.24) is 15.0 Å². The Hall–Kier alpha value is -2.04. The summed E-state index contributed by atoms with van der Waals surface area (Å²) in [5, 5.41) is 2.42. The lowest BCUT2D eigenvalue weighted by atomic mass is 9.93. The predicted molar refractivity (Wildman–Crippen MR) is 176 cm³/mol. The normalized spacial score (nSPS) is 20.5. The van der Waals surface area contributed by atoms with E-state index in [1.54, 1.807) is 0 Å². The van der Waals surface area contributed by atoms with E-state index in [0.717, 1.165) is 12.5 Å². The number of allylic oxidation sites excluding steroid dienone is 2. The number of nitrogens with zero attached hydrogens (tertiary/aromatic N) is 3. The van der Waals surface area contributed by atoms with Gasteiger partial charge in [-0.3, -0.25) is 14.8 Å². The molecule has 4 heteroatoms. The molecule has 2 aliphatic rings. The zero-order chi connectivity index (χ0) is 28.9. The molecule has 0 radical (unpaired) electrons. The van der Waals surface area contributed by atoms with E-state index in [1.165, 1.54) is 152 Å². The molecule has 0 amide bonds. The van der Waals surface area contributed by atoms with Gasteiger partial charge in [0.2, 0.25) is 0 Å². The summed E-state index contributed by atoms with van der Waals surface area (Å²) in [5.41, 5.74) is 2.76. The Balaban J connectivity index is 0.938. The van der Waals surface area contributed by atoms with Crippen molar-refractivity contribution < 1.29 is 4.84 Å². The standard InChI is InChI=1S/C38H59N3O/c1(3-5-7-11-15-22-34-24-20-29-39-32-34)2-4-6-10-14-18-31-41-37-27-19-26-36(37)38(42-41)28-17-13-9-8-12-16-23-35-25-21-30-40-33-35/h4,6,20-21,24-25,29-30,32-33,36-38H,1-3,5,7-19,22-23,26-28,31H2/b6-4-/t36-,37+,38-/m0/s1. The molecule has 3 atom stereocenters. The molecule has 1 aliphatic heterocycles. The molecular formula is C38H59N3O. The molecule has 42 heavy (non-hydrogen) atoms. The highest BCUT2D eigenvalue weighted by atomic mass is 16.7. The van der Waals surface area contributed by atoms with Gasteiger partial charge in [0.05, 0.1) is 6.10 Å². The van der Waals surface area contributed by atoms with Gasteiger partial charge in [-0.15, -0.1) is 0 Å². The summed E-state index contributed by atoms with van der Waals surface area (Å²) in [6.07, 6.45) is 42.1. The van der Waals surface area contributed by atoms with Gasteiger partial charge < -0.3 is 0 Å². The summed E-state index contributed by atoms with van der Waals surface area (Å²) < 4.78 is 0. The van der Waals surface area contributed by atoms with Gasteiger partial charge in [-0.05, 0) is 100 Å². The number of aromatic nitrogens is 2. The van der Waals surface area contributed by atoms with Gasteiger partial charge in [-0.2, -0.15) is 5.06 Å². The monoisotopic (exact) mass is 573 g/mol. The first-order valence-electron chi connectivity index (χ1n) is 17.8. The Labute approximate surface area is 257 Å². The number of hydrogen-bond acceptors (Lipinski definition) is 4. The number of aryl methyl sites for hydroxylation is 2. The highest BCUT2D eigenvalue weighted by Gasteiger charge is 2.44. The van der Waals surface area contributed by atoms with Crippen molar-refractivity contribution in [3.05, 3.63) is 72.3 Å². The molecular weight excluding hydrogens is 514 g/mol. The minimum atomic E-state index is 0.490. The lowest BCUT2D eigenvalue weighted by Crippen LogP contribution is -2.29. The van der Waals surface area contributed by atoms with Gasteiger partial charge in [0.15, 0.2) is 0 Å². The molecule has 232 valence electrons. The maximum atomic E-state index is 6.56. The summed E-state index contributed by atoms with van der Waals surface area (Å²) >= 11 is 0. The zero-order valence-corrected chi connectivity index (χ0v) is 26.5. The van der Waals surface area contributed by atoms with Crippen LogP contribution >= 0.6 is 0 Å². The van der Waals surface area contributed by atoms with Crippen molar-refractivity contribution in [3.8, 4) is 0 Å². The Bertz CT molecular complexity index is 949. The molecule has 0 bridgehead atoms. The van der Waals surface area contributed by atoms with Crippen LogP contribution in [0.2, 0.25) is 0 Å². The third-order valence-electron chi connectivity index (χ3n) is 9.55. The van der Waals surface area contributed by atoms with E-state index in [1.807, 2.05) is 36.9 Å². The quantitative estimate of drug-likeness (QED) is 0.0979. The van der Waals surface area contributed by atoms with E-state index < -0.39 is 0 Å². The highest BCUT2D eigenvalue weighted by Crippen LogP contribution is 2.41. The molecule has 1 aliphatic carbocycles. The van der Waals surface area contributed by atoms with Gasteiger partial charge in [-0.25, -0.2) is 0 Å². The second-order valence-corrected chi connectivity index (χ2v) is 13.0. The Morgan fingerprint density at radius 2 is 1.24 bits per heavy atom. The highest BCUT2D eigenvalue weighted by molar-refractivity contribution is 5.08. The van der Waals surface area contributed by atoms with Crippen molar-refractivity contribution in [2.24, 2.45) is 5.92 Å². The van der Waals surface area contributed by atoms with Crippen molar-refractivity contribution in [2.75, 3.05) is 6.54 Å². The van der Waals surface area contributed by atoms with E-state index in [-0.39, 0.29) is 0 Å². The molecule has 1 saturated heterocycles. The second kappa shape index (κ2) is 20.8. The molecule has 3 heterocycles. The van der Waals surface area contributed by atoms with Gasteiger partial charge in [0.25, 0.3) is 0 Å². The first kappa shape index (κ1) is 32.9. The van der Waals surface area contributed by atoms with Gasteiger partial charge >= 0.3 is 0 Å². The number of hydrogen-bond donors (Lipinski definition) is 0. The zero-order valence-electron chi connectivity index (χ0n) is 26.5. The fourth-order valence-corrected chi connectivity index (χ4v) is 7.11. The van der Waals surface area contributed by atoms with Crippen LogP contribution in [0.25, 0.3) is 0 Å². The Kier molecular flexibility index (Phi) is 16.3. The van der Waals surface area contributed by atoms with Crippen LogP contribution in [0.1, 0.15) is 140 Å². The van der Waals surface area contributed by atoms with Crippen LogP contribution in [0.4, 0.5) is 0 Å². The fraction of sp³-hybridized carbons (Fsp3) is 0.684. The van der Waals surface area contributed by atoms with Gasteiger partial charge in [0.1, 0.15) is 0 Å². The molecule has 0 N–H and O–H groups in total. The molecule has 1 saturated carbocycles. The number of rotatable bonds is 23. The van der Waals surface area contributed by atoms with Crippen LogP contribution in [0.3, 0.4) is 0 Å². The lowest BCUT2D eigenvalue weighted by molar-refractivity contribution is -0.167. The second-order valence-electron chi connectivity index (χ2n) is 13.0. The van der Waals surface area contributed by atoms with Crippen molar-refractivity contribution >= 4 is 0 Å². The first-order chi connectivity index (χ1) is 20.9. The minimum absolute atomic E-state index is 0.490. The largest absolute Gasteiger partial charge is 0.295 e. The van der Waals surface area contributed by atoms with E-state index in [4.69, 9.17) is 4.84 Å². The van der Waals surface area contributed by atoms with Crippen LogP contribution < -0.4 is 0 Å². The SMILES string of the molecule is C(=C/CCCCN1O[C@@H](CCCCCCCCc2cccnc2)[C@H]2CCC[C@H]21)/CCCCCCCCc1cccnc1. The fourth-order valence-electron chi connectivity index (χ4n) is 7.11. The van der Waals surface area contributed by atoms with Gasteiger partial charge in [-0.1, -0.05) is 88.5 Å². The van der Waals surface area contributed by atoms with Gasteiger partial charge in [0, 0.05) is 43.3 Å². The van der Waals surface area contributed by atoms with Crippen LogP contribution in [-0.2, 0) is 17.7 Å². The Morgan fingerprint density at radius 1 is 0.667 bits per heavy atom. The molecule has 4 rings (SSSR count). The van der Waals surface area contributed by atoms with Crippen molar-refractivity contribution in [2.45, 2.75) is 153 Å². The topological polar surface area (TPSA) is 38.2 Å². The summed E-state index contributed by atoms with van der Waals surface area (Å²) in [7, 11) is 0. The third kappa shape index (κ3) is 12.7. The van der Waals surface area contributed by atoms with Crippen molar-refractivity contribution in [1.29, 1.82) is 0 Å². The number of unbranched alkanes of at least 4 members (excludes halogenated alkanes) is 13. The summed E-state index contributed by atoms with van der Waals surface area (Å²) in [6.45, 7) is 1.13. The summed E-state index contributed by atoms with van der Waals surface area (Å²) in [6, 6.07) is 9.18. The molecule has 2 aromatic rings. The average molecular weight is 574 g/mol. The predicted octanol–water partition coefficient (Wildman–Crippen LogP) is 10.2. The molecule has 4 nitrogen and oxygen atoms in total. The van der Waals surface area contributed by atoms with E-state index in [0.29, 0.717) is 12.1 Å². The van der Waals surface area contributed by atoms with Crippen LogP contribution in [0.15, 0.2) is 61.2 Å². The van der Waals surface area contributed by atoms with E-state index >= 15 is 0 Å². The number of fused-ring (bicyclic) bond motifs is 1. The smallest absolute Gasteiger partial charge is 0.0837 e. The third-order valence-corrected chi connectivity index (χ3v) is 9.55. The lowest BCUT2D eigenvalue weighted by Gasteiger charge is -2.21. The van der Waals surface area contributed by atoms with Crippen LogP contribution in [0.5, 0.6) is 0 Å². The maximum absolute atomic E-state index is 6.56. The molecule has 2 aromatic heterocycles. The summed E-state index contributed by atoms with van der Waals surface area (Å²) in [5.74, 6) is 0.797. The Morgan fingerprint density at radius 3 is 1.86 bits per heavy atom. The maximum Gasteiger partial charge on any atom is 0.0837 e.